The molecule has 13 heavy (non-hydrogen) atoms. The first kappa shape index (κ1) is 8.48. The highest BCUT2D eigenvalue weighted by Crippen LogP contribution is 2.28. The molecule has 0 bridgehead atoms. The molecule has 0 atom stereocenters. The SMILES string of the molecule is FC(F)N1CCCc2ccccc21. The average Bonchev–Trinajstić information content (AvgIpc) is 2.17. The molecule has 0 amide bonds. The third-order valence-electron chi connectivity index (χ3n) is 2.38. The lowest BCUT2D eigenvalue weighted by Crippen LogP contribution is -2.33. The van der Waals surface area contributed by atoms with Crippen LogP contribution in [0.5, 0.6) is 0 Å². The molecule has 0 aliphatic carbocycles. The molecule has 0 N–H and O–H groups in total. The maximum absolute atomic E-state index is 12.5. The second-order valence-electron chi connectivity index (χ2n) is 3.20. The Bertz CT molecular complexity index is 299. The van der Waals surface area contributed by atoms with E-state index in [2.05, 4.69) is 0 Å². The predicted molar refractivity (Wildman–Crippen MR) is 48.1 cm³/mol. The van der Waals surface area contributed by atoms with Crippen molar-refractivity contribution in [3.63, 3.8) is 0 Å². The second-order valence-corrected chi connectivity index (χ2v) is 3.20. The van der Waals surface area contributed by atoms with E-state index < -0.39 is 6.55 Å². The number of para-hydroxylation sites is 1. The van der Waals surface area contributed by atoms with Gasteiger partial charge in [-0.15, -0.1) is 0 Å². The minimum atomic E-state index is -2.37. The normalized spacial score (nSPS) is 16.1. The Balaban J connectivity index is 2.37. The molecule has 1 aromatic rings. The summed E-state index contributed by atoms with van der Waals surface area (Å²) in [5, 5.41) is 0. The average molecular weight is 183 g/mol. The summed E-state index contributed by atoms with van der Waals surface area (Å²) in [6.07, 6.45) is 1.74. The van der Waals surface area contributed by atoms with Crippen LogP contribution in [0.1, 0.15) is 12.0 Å². The molecule has 2 rings (SSSR count). The Morgan fingerprint density at radius 1 is 1.23 bits per heavy atom. The Labute approximate surface area is 76.0 Å². The van der Waals surface area contributed by atoms with Crippen molar-refractivity contribution >= 4 is 5.69 Å². The molecule has 0 saturated carbocycles. The van der Waals surface area contributed by atoms with Crippen LogP contribution in [-0.4, -0.2) is 13.1 Å². The van der Waals surface area contributed by atoms with E-state index >= 15 is 0 Å². The number of nitrogens with zero attached hydrogens (tertiary/aromatic N) is 1. The van der Waals surface area contributed by atoms with Crippen molar-refractivity contribution in [3.8, 4) is 0 Å². The molecule has 0 saturated heterocycles. The van der Waals surface area contributed by atoms with Crippen LogP contribution in [0.15, 0.2) is 24.3 Å². The van der Waals surface area contributed by atoms with Gasteiger partial charge in [-0.2, -0.15) is 8.78 Å². The highest BCUT2D eigenvalue weighted by molar-refractivity contribution is 5.55. The van der Waals surface area contributed by atoms with Crippen molar-refractivity contribution in [3.05, 3.63) is 29.8 Å². The first-order valence-electron chi connectivity index (χ1n) is 4.42. The van der Waals surface area contributed by atoms with Crippen LogP contribution in [0.2, 0.25) is 0 Å². The van der Waals surface area contributed by atoms with Crippen LogP contribution >= 0.6 is 0 Å². The molecule has 3 heteroatoms. The lowest BCUT2D eigenvalue weighted by Gasteiger charge is -2.30. The number of hydrogen-bond donors (Lipinski definition) is 0. The maximum Gasteiger partial charge on any atom is 0.315 e. The van der Waals surface area contributed by atoms with Crippen molar-refractivity contribution in [2.75, 3.05) is 11.4 Å². The van der Waals surface area contributed by atoms with E-state index in [1.807, 2.05) is 12.1 Å². The minimum absolute atomic E-state index is 0.467. The molecule has 1 aromatic carbocycles. The van der Waals surface area contributed by atoms with Gasteiger partial charge in [-0.1, -0.05) is 18.2 Å². The topological polar surface area (TPSA) is 3.24 Å². The van der Waals surface area contributed by atoms with E-state index in [-0.39, 0.29) is 0 Å². The highest BCUT2D eigenvalue weighted by atomic mass is 19.3. The maximum atomic E-state index is 12.5. The van der Waals surface area contributed by atoms with Crippen molar-refractivity contribution < 1.29 is 8.78 Å². The van der Waals surface area contributed by atoms with Gasteiger partial charge < -0.3 is 4.90 Å². The fourth-order valence-electron chi connectivity index (χ4n) is 1.77. The summed E-state index contributed by atoms with van der Waals surface area (Å²) in [5.74, 6) is 0. The van der Waals surface area contributed by atoms with E-state index in [9.17, 15) is 8.78 Å². The van der Waals surface area contributed by atoms with E-state index in [1.165, 1.54) is 4.90 Å². The standard InChI is InChI=1S/C10H11F2N/c11-10(12)13-7-3-5-8-4-1-2-6-9(8)13/h1-2,4,6,10H,3,5,7H2. The minimum Gasteiger partial charge on any atom is -0.316 e. The van der Waals surface area contributed by atoms with Gasteiger partial charge in [-0.05, 0) is 24.5 Å². The van der Waals surface area contributed by atoms with Crippen LogP contribution in [-0.2, 0) is 6.42 Å². The van der Waals surface area contributed by atoms with Gasteiger partial charge in [0.05, 0.1) is 0 Å². The first-order chi connectivity index (χ1) is 6.29. The van der Waals surface area contributed by atoms with Crippen LogP contribution in [0.3, 0.4) is 0 Å². The molecule has 1 aliphatic heterocycles. The molecular formula is C10H11F2N. The zero-order valence-electron chi connectivity index (χ0n) is 7.21. The van der Waals surface area contributed by atoms with Crippen molar-refractivity contribution in [1.82, 2.24) is 0 Å². The number of hydrogen-bond acceptors (Lipinski definition) is 1. The van der Waals surface area contributed by atoms with Gasteiger partial charge in [-0.25, -0.2) is 0 Å². The molecule has 0 aromatic heterocycles. The summed E-state index contributed by atoms with van der Waals surface area (Å²) < 4.78 is 25.1. The number of anilines is 1. The van der Waals surface area contributed by atoms with Crippen molar-refractivity contribution in [2.45, 2.75) is 19.4 Å². The molecule has 1 aliphatic rings. The Hall–Kier alpha value is -1.12. The van der Waals surface area contributed by atoms with Crippen LogP contribution in [0.25, 0.3) is 0 Å². The summed E-state index contributed by atoms with van der Waals surface area (Å²) in [5.41, 5.74) is 1.73. The molecule has 0 unspecified atom stereocenters. The molecule has 70 valence electrons. The van der Waals surface area contributed by atoms with Gasteiger partial charge in [-0.3, -0.25) is 0 Å². The van der Waals surface area contributed by atoms with Crippen molar-refractivity contribution in [1.29, 1.82) is 0 Å². The predicted octanol–water partition coefficient (Wildman–Crippen LogP) is 2.66. The van der Waals surface area contributed by atoms with Gasteiger partial charge in [0.15, 0.2) is 0 Å². The highest BCUT2D eigenvalue weighted by Gasteiger charge is 2.22. The summed E-state index contributed by atoms with van der Waals surface area (Å²) in [4.78, 5) is 1.17. The van der Waals surface area contributed by atoms with Gasteiger partial charge in [0.2, 0.25) is 0 Å². The quantitative estimate of drug-likeness (QED) is 0.605. The third-order valence-corrected chi connectivity index (χ3v) is 2.38. The summed E-state index contributed by atoms with van der Waals surface area (Å²) in [6.45, 7) is -1.91. The van der Waals surface area contributed by atoms with E-state index in [0.29, 0.717) is 12.2 Å². The first-order valence-corrected chi connectivity index (χ1v) is 4.42. The van der Waals surface area contributed by atoms with Gasteiger partial charge in [0.25, 0.3) is 0 Å². The number of benzene rings is 1. The van der Waals surface area contributed by atoms with E-state index in [1.54, 1.807) is 12.1 Å². The number of fused-ring (bicyclic) bond motifs is 1. The van der Waals surface area contributed by atoms with Gasteiger partial charge in [0.1, 0.15) is 0 Å². The van der Waals surface area contributed by atoms with Crippen LogP contribution in [0, 0.1) is 0 Å². The van der Waals surface area contributed by atoms with Gasteiger partial charge >= 0.3 is 6.55 Å². The monoisotopic (exact) mass is 183 g/mol. The van der Waals surface area contributed by atoms with Crippen molar-refractivity contribution in [2.24, 2.45) is 0 Å². The fraction of sp³-hybridized carbons (Fsp3) is 0.400. The van der Waals surface area contributed by atoms with Gasteiger partial charge in [0, 0.05) is 12.2 Å². The molecule has 0 spiro atoms. The molecule has 0 fully saturated rings. The Morgan fingerprint density at radius 3 is 2.77 bits per heavy atom. The van der Waals surface area contributed by atoms with E-state index in [4.69, 9.17) is 0 Å². The zero-order chi connectivity index (χ0) is 9.26. The number of aryl methyl sites for hydroxylation is 1. The smallest absolute Gasteiger partial charge is 0.315 e. The molecular weight excluding hydrogens is 172 g/mol. The molecule has 1 nitrogen and oxygen atoms in total. The number of rotatable bonds is 1. The zero-order valence-corrected chi connectivity index (χ0v) is 7.21. The lowest BCUT2D eigenvalue weighted by molar-refractivity contribution is 0.140. The third kappa shape index (κ3) is 1.50. The van der Waals surface area contributed by atoms with Crippen LogP contribution < -0.4 is 4.90 Å². The second kappa shape index (κ2) is 3.32. The Kier molecular flexibility index (Phi) is 2.17. The number of halogens is 2. The lowest BCUT2D eigenvalue weighted by atomic mass is 10.0. The largest absolute Gasteiger partial charge is 0.316 e. The Morgan fingerprint density at radius 2 is 2.00 bits per heavy atom. The summed E-state index contributed by atoms with van der Waals surface area (Å²) in [6, 6.07) is 7.39. The fourth-order valence-corrected chi connectivity index (χ4v) is 1.77. The van der Waals surface area contributed by atoms with Crippen LogP contribution in [0.4, 0.5) is 14.5 Å². The number of alkyl halides is 2. The molecule has 1 heterocycles. The van der Waals surface area contributed by atoms with E-state index in [0.717, 1.165) is 18.4 Å². The summed E-state index contributed by atoms with van der Waals surface area (Å²) in [7, 11) is 0. The molecule has 0 radical (unpaired) electrons. The summed E-state index contributed by atoms with van der Waals surface area (Å²) >= 11 is 0.